The summed E-state index contributed by atoms with van der Waals surface area (Å²) in [5, 5.41) is 16.5. The molecule has 2 aromatic rings. The van der Waals surface area contributed by atoms with Gasteiger partial charge >= 0.3 is 6.09 Å². The number of aromatic nitrogens is 2. The van der Waals surface area contributed by atoms with E-state index in [-0.39, 0.29) is 17.2 Å². The monoisotopic (exact) mass is 483 g/mol. The molecule has 0 spiro atoms. The number of fused-ring (bicyclic) bond motifs is 4. The molecule has 1 aromatic carbocycles. The highest BCUT2D eigenvalue weighted by atomic mass is 16.6. The zero-order valence-electron chi connectivity index (χ0n) is 21.9. The summed E-state index contributed by atoms with van der Waals surface area (Å²) in [4.78, 5) is 17.0. The van der Waals surface area contributed by atoms with Gasteiger partial charge in [-0.1, -0.05) is 0 Å². The zero-order valence-corrected chi connectivity index (χ0v) is 21.9. The van der Waals surface area contributed by atoms with Crippen LogP contribution in [-0.4, -0.2) is 68.1 Å². The molecule has 0 radical (unpaired) electrons. The van der Waals surface area contributed by atoms with E-state index in [4.69, 9.17) is 15.6 Å². The molecule has 8 nitrogen and oxygen atoms in total. The van der Waals surface area contributed by atoms with E-state index in [1.54, 1.807) is 13.8 Å². The van der Waals surface area contributed by atoms with Crippen molar-refractivity contribution < 1.29 is 14.6 Å². The van der Waals surface area contributed by atoms with E-state index in [1.165, 1.54) is 0 Å². The van der Waals surface area contributed by atoms with E-state index in [2.05, 4.69) is 15.8 Å². The summed E-state index contributed by atoms with van der Waals surface area (Å²) in [6.07, 6.45) is 8.77. The molecule has 35 heavy (non-hydrogen) atoms. The molecule has 0 unspecified atom stereocenters. The largest absolute Gasteiger partial charge is 0.444 e. The van der Waals surface area contributed by atoms with Crippen molar-refractivity contribution >= 4 is 22.7 Å². The summed E-state index contributed by atoms with van der Waals surface area (Å²) in [5.41, 5.74) is 7.34. The number of ether oxygens (including phenoxy) is 1. The van der Waals surface area contributed by atoms with Gasteiger partial charge in [0.15, 0.2) is 0 Å². The highest BCUT2D eigenvalue weighted by molar-refractivity contribution is 5.83. The number of amides is 1. The third kappa shape index (κ3) is 4.40. The van der Waals surface area contributed by atoms with Gasteiger partial charge in [-0.3, -0.25) is 9.58 Å². The average molecular weight is 484 g/mol. The summed E-state index contributed by atoms with van der Waals surface area (Å²) >= 11 is 0. The highest BCUT2D eigenvalue weighted by Crippen LogP contribution is 2.53. The first-order valence-electron chi connectivity index (χ1n) is 13.1. The zero-order chi connectivity index (χ0) is 25.2. The van der Waals surface area contributed by atoms with Gasteiger partial charge in [-0.2, -0.15) is 5.10 Å². The van der Waals surface area contributed by atoms with Crippen molar-refractivity contribution in [3.8, 4) is 0 Å². The van der Waals surface area contributed by atoms with E-state index < -0.39 is 11.2 Å². The maximum absolute atomic E-state index is 12.5. The third-order valence-electron chi connectivity index (χ3n) is 8.59. The predicted molar refractivity (Wildman–Crippen MR) is 137 cm³/mol. The lowest BCUT2D eigenvalue weighted by Crippen LogP contribution is -2.63. The van der Waals surface area contributed by atoms with Crippen molar-refractivity contribution in [3.63, 3.8) is 0 Å². The van der Waals surface area contributed by atoms with Crippen LogP contribution in [0.3, 0.4) is 0 Å². The summed E-state index contributed by atoms with van der Waals surface area (Å²) in [7, 11) is 0. The molecule has 1 aromatic heterocycles. The first-order valence-corrected chi connectivity index (χ1v) is 13.1. The Labute approximate surface area is 208 Å². The van der Waals surface area contributed by atoms with Gasteiger partial charge in [0.05, 0.1) is 16.7 Å². The Morgan fingerprint density at radius 2 is 1.54 bits per heavy atom. The highest BCUT2D eigenvalue weighted by Gasteiger charge is 2.53. The number of carbonyl (C=O) groups is 1. The molecule has 6 rings (SSSR count). The Morgan fingerprint density at radius 3 is 2.09 bits per heavy atom. The van der Waals surface area contributed by atoms with Crippen molar-refractivity contribution in [1.29, 1.82) is 0 Å². The Bertz CT molecular complexity index is 1090. The number of nitrogen functional groups attached to an aromatic ring is 1. The number of anilines is 1. The van der Waals surface area contributed by atoms with Gasteiger partial charge < -0.3 is 20.5 Å². The van der Waals surface area contributed by atoms with Crippen LogP contribution in [0.15, 0.2) is 18.3 Å². The molecule has 2 heterocycles. The maximum Gasteiger partial charge on any atom is 0.410 e. The number of carbonyl (C=O) groups excluding carboxylic acids is 1. The number of nitrogens with two attached hydrogens (primary N) is 1. The number of nitrogens with zero attached hydrogens (tertiary/aromatic N) is 4. The normalized spacial score (nSPS) is 28.0. The first-order chi connectivity index (χ1) is 16.3. The van der Waals surface area contributed by atoms with Gasteiger partial charge in [-0.25, -0.2) is 4.79 Å². The van der Waals surface area contributed by atoms with E-state index in [9.17, 15) is 9.90 Å². The molecular weight excluding hydrogens is 442 g/mol. The second-order valence-electron chi connectivity index (χ2n) is 12.5. The van der Waals surface area contributed by atoms with E-state index in [1.807, 2.05) is 37.8 Å². The maximum atomic E-state index is 12.5. The minimum atomic E-state index is -0.997. The van der Waals surface area contributed by atoms with E-state index >= 15 is 0 Å². The molecule has 8 heteroatoms. The van der Waals surface area contributed by atoms with Crippen LogP contribution in [0.25, 0.3) is 10.9 Å². The van der Waals surface area contributed by atoms with E-state index in [0.29, 0.717) is 5.69 Å². The van der Waals surface area contributed by atoms with Gasteiger partial charge in [0.25, 0.3) is 0 Å². The van der Waals surface area contributed by atoms with Crippen LogP contribution >= 0.6 is 0 Å². The average Bonchev–Trinajstić information content (AvgIpc) is 3.22. The van der Waals surface area contributed by atoms with Crippen LogP contribution in [0.1, 0.15) is 78.7 Å². The SMILES string of the molecule is CC(C)(C)OC(=O)N1CCN(C23CCC(n4cc5cc(N)c(C(C)(C)O)cc5n4)(CC2)CC3)CC1. The molecule has 3 N–H and O–H groups in total. The van der Waals surface area contributed by atoms with Crippen LogP contribution in [0.2, 0.25) is 0 Å². The molecule has 1 amide bonds. The topological polar surface area (TPSA) is 96.9 Å². The minimum Gasteiger partial charge on any atom is -0.444 e. The Hall–Kier alpha value is -2.32. The van der Waals surface area contributed by atoms with Crippen molar-refractivity contribution in [2.75, 3.05) is 31.9 Å². The lowest BCUT2D eigenvalue weighted by atomic mass is 9.60. The molecular formula is C27H41N5O3. The summed E-state index contributed by atoms with van der Waals surface area (Å²) < 4.78 is 7.78. The van der Waals surface area contributed by atoms with E-state index in [0.717, 1.165) is 81.2 Å². The predicted octanol–water partition coefficient (Wildman–Crippen LogP) is 4.20. The molecule has 2 bridgehead atoms. The quantitative estimate of drug-likeness (QED) is 0.635. The lowest BCUT2D eigenvalue weighted by molar-refractivity contribution is -0.0701. The Balaban J connectivity index is 1.27. The molecule has 4 aliphatic rings. The van der Waals surface area contributed by atoms with Crippen LogP contribution in [0.5, 0.6) is 0 Å². The molecule has 1 saturated heterocycles. The fourth-order valence-electron chi connectivity index (χ4n) is 6.52. The summed E-state index contributed by atoms with van der Waals surface area (Å²) in [6.45, 7) is 12.6. The van der Waals surface area contributed by atoms with Crippen LogP contribution < -0.4 is 5.73 Å². The van der Waals surface area contributed by atoms with Gasteiger partial charge in [-0.15, -0.1) is 0 Å². The smallest absolute Gasteiger partial charge is 0.410 e. The third-order valence-corrected chi connectivity index (χ3v) is 8.59. The minimum absolute atomic E-state index is 0.0583. The molecule has 0 atom stereocenters. The molecule has 3 saturated carbocycles. The van der Waals surface area contributed by atoms with Gasteiger partial charge in [0, 0.05) is 54.6 Å². The number of piperazine rings is 1. The molecule has 3 aliphatic carbocycles. The number of benzene rings is 1. The molecule has 1 aliphatic heterocycles. The van der Waals surface area contributed by atoms with Crippen molar-refractivity contribution in [3.05, 3.63) is 23.9 Å². The summed E-state index contributed by atoms with van der Waals surface area (Å²) in [5.74, 6) is 0. The number of hydrogen-bond donors (Lipinski definition) is 2. The molecule has 4 fully saturated rings. The van der Waals surface area contributed by atoms with Gasteiger partial charge in [-0.05, 0) is 85.3 Å². The fourth-order valence-corrected chi connectivity index (χ4v) is 6.52. The van der Waals surface area contributed by atoms with Crippen LogP contribution in [0, 0.1) is 0 Å². The number of aliphatic hydroxyl groups is 1. The number of hydrogen-bond acceptors (Lipinski definition) is 6. The second-order valence-corrected chi connectivity index (χ2v) is 12.5. The van der Waals surface area contributed by atoms with Gasteiger partial charge in [0.2, 0.25) is 0 Å². The van der Waals surface area contributed by atoms with Crippen LogP contribution in [0.4, 0.5) is 10.5 Å². The number of rotatable bonds is 3. The Morgan fingerprint density at radius 1 is 0.971 bits per heavy atom. The fraction of sp³-hybridized carbons (Fsp3) is 0.704. The van der Waals surface area contributed by atoms with Crippen molar-refractivity contribution in [1.82, 2.24) is 19.6 Å². The first kappa shape index (κ1) is 24.4. The second kappa shape index (κ2) is 8.10. The lowest BCUT2D eigenvalue weighted by Gasteiger charge is -2.58. The standard InChI is InChI=1S/C27H41N5O3/c1-24(2,3)35-23(33)30-12-14-31(15-13-30)26-6-9-27(10-7-26,11-8-26)32-18-19-16-21(28)20(25(4,5)34)17-22(19)29-32/h16-18,34H,6-15,28H2,1-5H3. The van der Waals surface area contributed by atoms with Crippen LogP contribution in [-0.2, 0) is 15.9 Å². The van der Waals surface area contributed by atoms with Crippen molar-refractivity contribution in [2.24, 2.45) is 0 Å². The summed E-state index contributed by atoms with van der Waals surface area (Å²) in [6, 6.07) is 3.89. The Kier molecular flexibility index (Phi) is 5.64. The molecule has 192 valence electrons. The van der Waals surface area contributed by atoms with Crippen molar-refractivity contribution in [2.45, 2.75) is 95.4 Å². The van der Waals surface area contributed by atoms with Gasteiger partial charge in [0.1, 0.15) is 5.60 Å².